The normalized spacial score (nSPS) is 12.1. The molecule has 3 rings (SSSR count). The molecular weight excluding hydrogens is 264 g/mol. The molecule has 0 amide bonds. The summed E-state index contributed by atoms with van der Waals surface area (Å²) in [6.07, 6.45) is 0. The Kier molecular flexibility index (Phi) is 3.08. The highest BCUT2D eigenvalue weighted by Crippen LogP contribution is 2.39. The van der Waals surface area contributed by atoms with Crippen LogP contribution in [0.1, 0.15) is 50.7 Å². The van der Waals surface area contributed by atoms with Gasteiger partial charge in [-0.05, 0) is 35.1 Å². The highest BCUT2D eigenvalue weighted by atomic mass is 16.3. The summed E-state index contributed by atoms with van der Waals surface area (Å²) in [7, 11) is 0. The van der Waals surface area contributed by atoms with Gasteiger partial charge in [-0.2, -0.15) is 0 Å². The van der Waals surface area contributed by atoms with Crippen molar-refractivity contribution < 1.29 is 14.6 Å². The molecule has 1 heterocycles. The van der Waals surface area contributed by atoms with Gasteiger partial charge in [0.25, 0.3) is 0 Å². The van der Waals surface area contributed by atoms with Crippen molar-refractivity contribution in [1.82, 2.24) is 0 Å². The molecule has 3 heteroatoms. The van der Waals surface area contributed by atoms with Crippen molar-refractivity contribution in [3.05, 3.63) is 35.4 Å². The van der Waals surface area contributed by atoms with E-state index in [0.717, 1.165) is 21.9 Å². The van der Waals surface area contributed by atoms with Gasteiger partial charge in [-0.25, -0.2) is 0 Å². The lowest BCUT2D eigenvalue weighted by molar-refractivity contribution is 0.464. The highest BCUT2D eigenvalue weighted by molar-refractivity contribution is 6.06. The number of benzene rings is 2. The third-order valence-corrected chi connectivity index (χ3v) is 4.01. The van der Waals surface area contributed by atoms with E-state index in [1.807, 2.05) is 12.1 Å². The average molecular weight is 284 g/mol. The molecule has 0 saturated carbocycles. The molecule has 0 saturated heterocycles. The van der Waals surface area contributed by atoms with Crippen LogP contribution in [0.2, 0.25) is 0 Å². The summed E-state index contributed by atoms with van der Waals surface area (Å²) in [6.45, 7) is 8.20. The topological polar surface area (TPSA) is 53.6 Å². The van der Waals surface area contributed by atoms with Crippen molar-refractivity contribution in [2.75, 3.05) is 0 Å². The van der Waals surface area contributed by atoms with Gasteiger partial charge >= 0.3 is 0 Å². The summed E-state index contributed by atoms with van der Waals surface area (Å²) in [5.41, 5.74) is 3.10. The van der Waals surface area contributed by atoms with E-state index in [-0.39, 0.29) is 23.3 Å². The maximum atomic E-state index is 10.1. The fourth-order valence-corrected chi connectivity index (χ4v) is 2.80. The molecule has 0 fully saturated rings. The van der Waals surface area contributed by atoms with Crippen molar-refractivity contribution in [2.45, 2.75) is 39.5 Å². The van der Waals surface area contributed by atoms with Gasteiger partial charge in [0.05, 0.1) is 0 Å². The number of hydrogen-bond acceptors (Lipinski definition) is 3. The molecule has 0 aliphatic carbocycles. The maximum Gasteiger partial charge on any atom is 0.139 e. The minimum absolute atomic E-state index is 0.237. The molecule has 0 aliphatic rings. The number of aromatic hydroxyl groups is 2. The molecule has 21 heavy (non-hydrogen) atoms. The van der Waals surface area contributed by atoms with Crippen LogP contribution in [0.25, 0.3) is 21.9 Å². The molecule has 110 valence electrons. The zero-order valence-corrected chi connectivity index (χ0v) is 12.8. The molecule has 2 N–H and O–H groups in total. The van der Waals surface area contributed by atoms with Gasteiger partial charge in [-0.15, -0.1) is 0 Å². The number of rotatable bonds is 2. The number of phenols is 2. The summed E-state index contributed by atoms with van der Waals surface area (Å²) >= 11 is 0. The number of furan rings is 1. The molecule has 3 nitrogen and oxygen atoms in total. The van der Waals surface area contributed by atoms with Crippen molar-refractivity contribution in [3.63, 3.8) is 0 Å². The lowest BCUT2D eigenvalue weighted by Gasteiger charge is -2.09. The van der Waals surface area contributed by atoms with Gasteiger partial charge in [-0.3, -0.25) is 0 Å². The van der Waals surface area contributed by atoms with E-state index >= 15 is 0 Å². The van der Waals surface area contributed by atoms with Crippen molar-refractivity contribution in [2.24, 2.45) is 0 Å². The SMILES string of the molecule is CC(C)c1cc2c(cc1O)oc1cc(O)c(C(C)C)cc12. The van der Waals surface area contributed by atoms with Crippen LogP contribution >= 0.6 is 0 Å². The second-order valence-corrected chi connectivity index (χ2v) is 6.23. The molecule has 0 atom stereocenters. The fraction of sp³-hybridized carbons (Fsp3) is 0.333. The van der Waals surface area contributed by atoms with E-state index in [1.54, 1.807) is 12.1 Å². The Hall–Kier alpha value is -2.16. The Bertz CT molecular complexity index is 757. The predicted octanol–water partition coefficient (Wildman–Crippen LogP) is 5.24. The van der Waals surface area contributed by atoms with E-state index in [4.69, 9.17) is 4.42 Å². The third-order valence-electron chi connectivity index (χ3n) is 4.01. The van der Waals surface area contributed by atoms with Gasteiger partial charge in [0.15, 0.2) is 0 Å². The van der Waals surface area contributed by atoms with E-state index in [0.29, 0.717) is 11.2 Å². The number of hydrogen-bond donors (Lipinski definition) is 2. The lowest BCUT2D eigenvalue weighted by Crippen LogP contribution is -1.89. The van der Waals surface area contributed by atoms with Crippen LogP contribution in [0.5, 0.6) is 11.5 Å². The molecule has 0 bridgehead atoms. The Morgan fingerprint density at radius 2 is 1.10 bits per heavy atom. The van der Waals surface area contributed by atoms with Gasteiger partial charge < -0.3 is 14.6 Å². The van der Waals surface area contributed by atoms with Crippen LogP contribution in [0, 0.1) is 0 Å². The Morgan fingerprint density at radius 1 is 0.714 bits per heavy atom. The van der Waals surface area contributed by atoms with Gasteiger partial charge in [0.2, 0.25) is 0 Å². The van der Waals surface area contributed by atoms with Crippen LogP contribution < -0.4 is 0 Å². The van der Waals surface area contributed by atoms with Crippen molar-refractivity contribution in [3.8, 4) is 11.5 Å². The summed E-state index contributed by atoms with van der Waals surface area (Å²) in [6, 6.07) is 7.30. The minimum atomic E-state index is 0.237. The van der Waals surface area contributed by atoms with Crippen LogP contribution in [-0.2, 0) is 0 Å². The quantitative estimate of drug-likeness (QED) is 0.676. The van der Waals surface area contributed by atoms with Crippen LogP contribution in [0.4, 0.5) is 0 Å². The smallest absolute Gasteiger partial charge is 0.139 e. The zero-order chi connectivity index (χ0) is 15.3. The Balaban J connectivity index is 2.38. The van der Waals surface area contributed by atoms with E-state index in [2.05, 4.69) is 27.7 Å². The van der Waals surface area contributed by atoms with E-state index in [1.165, 1.54) is 0 Å². The fourth-order valence-electron chi connectivity index (χ4n) is 2.80. The second-order valence-electron chi connectivity index (χ2n) is 6.23. The Morgan fingerprint density at radius 3 is 1.43 bits per heavy atom. The summed E-state index contributed by atoms with van der Waals surface area (Å²) in [4.78, 5) is 0. The lowest BCUT2D eigenvalue weighted by atomic mass is 9.97. The number of fused-ring (bicyclic) bond motifs is 3. The number of phenolic OH excluding ortho intramolecular Hbond substituents is 2. The van der Waals surface area contributed by atoms with Gasteiger partial charge in [0, 0.05) is 22.9 Å². The highest BCUT2D eigenvalue weighted by Gasteiger charge is 2.16. The monoisotopic (exact) mass is 284 g/mol. The maximum absolute atomic E-state index is 10.1. The van der Waals surface area contributed by atoms with Crippen LogP contribution in [-0.4, -0.2) is 10.2 Å². The first-order chi connectivity index (χ1) is 9.88. The first kappa shape index (κ1) is 13.8. The molecule has 0 unspecified atom stereocenters. The van der Waals surface area contributed by atoms with Crippen LogP contribution in [0.3, 0.4) is 0 Å². The van der Waals surface area contributed by atoms with Crippen molar-refractivity contribution in [1.29, 1.82) is 0 Å². The first-order valence-corrected chi connectivity index (χ1v) is 7.30. The van der Waals surface area contributed by atoms with Gasteiger partial charge in [0.1, 0.15) is 22.7 Å². The molecule has 0 spiro atoms. The van der Waals surface area contributed by atoms with Crippen LogP contribution in [0.15, 0.2) is 28.7 Å². The summed E-state index contributed by atoms with van der Waals surface area (Å²) < 4.78 is 5.76. The average Bonchev–Trinajstić information content (AvgIpc) is 2.71. The molecule has 0 radical (unpaired) electrons. The first-order valence-electron chi connectivity index (χ1n) is 7.30. The molecule has 0 aliphatic heterocycles. The minimum Gasteiger partial charge on any atom is -0.508 e. The standard InChI is InChI=1S/C18H20O3/c1-9(2)11-5-13-14-6-12(10(3)4)16(20)8-18(14)21-17(13)7-15(11)19/h5-10,19-20H,1-4H3. The molecular formula is C18H20O3. The Labute approximate surface area is 123 Å². The zero-order valence-electron chi connectivity index (χ0n) is 12.8. The van der Waals surface area contributed by atoms with E-state index < -0.39 is 0 Å². The molecule has 1 aromatic heterocycles. The third kappa shape index (κ3) is 2.13. The summed E-state index contributed by atoms with van der Waals surface area (Å²) in [5.74, 6) is 0.983. The summed E-state index contributed by atoms with van der Waals surface area (Å²) in [5, 5.41) is 22.1. The molecule has 3 aromatic rings. The van der Waals surface area contributed by atoms with Crippen molar-refractivity contribution >= 4 is 21.9 Å². The molecule has 2 aromatic carbocycles. The van der Waals surface area contributed by atoms with E-state index in [9.17, 15) is 10.2 Å². The predicted molar refractivity (Wildman–Crippen MR) is 85.2 cm³/mol. The largest absolute Gasteiger partial charge is 0.508 e. The second kappa shape index (κ2) is 4.69. The van der Waals surface area contributed by atoms with Gasteiger partial charge in [-0.1, -0.05) is 27.7 Å².